The SMILES string of the molecule is Cc1noc(C)c1S(=O)(=O)NC[C@@](O)(c1ccccc1)C1CC1. The maximum absolute atomic E-state index is 12.5. The third-order valence-corrected chi connectivity index (χ3v) is 5.94. The Bertz CT molecular complexity index is 777. The van der Waals surface area contributed by atoms with Gasteiger partial charge in [-0.1, -0.05) is 35.5 Å². The molecule has 0 aliphatic heterocycles. The zero-order valence-corrected chi connectivity index (χ0v) is 13.9. The minimum absolute atomic E-state index is 0.0451. The van der Waals surface area contributed by atoms with E-state index < -0.39 is 15.6 Å². The molecule has 1 aromatic carbocycles. The van der Waals surface area contributed by atoms with Crippen LogP contribution in [0.4, 0.5) is 0 Å². The third-order valence-electron chi connectivity index (χ3n) is 4.29. The lowest BCUT2D eigenvalue weighted by molar-refractivity contribution is 0.0185. The molecule has 1 aromatic heterocycles. The fourth-order valence-electron chi connectivity index (χ4n) is 2.91. The summed E-state index contributed by atoms with van der Waals surface area (Å²) >= 11 is 0. The first-order chi connectivity index (χ1) is 10.8. The van der Waals surface area contributed by atoms with E-state index in [1.165, 1.54) is 0 Å². The van der Waals surface area contributed by atoms with Crippen LogP contribution in [-0.4, -0.2) is 25.2 Å². The maximum atomic E-state index is 12.5. The molecular weight excluding hydrogens is 316 g/mol. The molecule has 1 atom stereocenters. The van der Waals surface area contributed by atoms with E-state index in [1.807, 2.05) is 30.3 Å². The number of nitrogens with one attached hydrogen (secondary N) is 1. The van der Waals surface area contributed by atoms with Gasteiger partial charge in [0.1, 0.15) is 16.2 Å². The number of aromatic nitrogens is 1. The van der Waals surface area contributed by atoms with E-state index in [0.29, 0.717) is 5.69 Å². The minimum atomic E-state index is -3.79. The number of nitrogens with zero attached hydrogens (tertiary/aromatic N) is 1. The van der Waals surface area contributed by atoms with E-state index in [4.69, 9.17) is 4.52 Å². The molecule has 0 saturated heterocycles. The molecular formula is C16H20N2O4S. The van der Waals surface area contributed by atoms with Crippen molar-refractivity contribution in [3.63, 3.8) is 0 Å². The van der Waals surface area contributed by atoms with Crippen molar-refractivity contribution in [2.45, 2.75) is 37.2 Å². The fourth-order valence-corrected chi connectivity index (χ4v) is 4.30. The molecule has 2 aromatic rings. The third kappa shape index (κ3) is 3.04. The molecule has 2 N–H and O–H groups in total. The zero-order valence-electron chi connectivity index (χ0n) is 13.1. The Hall–Kier alpha value is -1.70. The van der Waals surface area contributed by atoms with Crippen molar-refractivity contribution < 1.29 is 18.0 Å². The van der Waals surface area contributed by atoms with Gasteiger partial charge in [-0.25, -0.2) is 13.1 Å². The van der Waals surface area contributed by atoms with E-state index in [0.717, 1.165) is 18.4 Å². The Morgan fingerprint density at radius 2 is 1.96 bits per heavy atom. The van der Waals surface area contributed by atoms with Crippen LogP contribution < -0.4 is 4.72 Å². The molecule has 124 valence electrons. The summed E-state index contributed by atoms with van der Waals surface area (Å²) in [6.07, 6.45) is 1.77. The number of benzene rings is 1. The first-order valence-electron chi connectivity index (χ1n) is 7.55. The second kappa shape index (κ2) is 5.74. The summed E-state index contributed by atoms with van der Waals surface area (Å²) in [4.78, 5) is 0.0451. The average molecular weight is 336 g/mol. The van der Waals surface area contributed by atoms with Gasteiger partial charge in [-0.3, -0.25) is 0 Å². The van der Waals surface area contributed by atoms with Crippen LogP contribution in [0.1, 0.15) is 29.9 Å². The van der Waals surface area contributed by atoms with Crippen LogP contribution in [0.25, 0.3) is 0 Å². The van der Waals surface area contributed by atoms with E-state index in [1.54, 1.807) is 13.8 Å². The second-order valence-electron chi connectivity index (χ2n) is 6.04. The summed E-state index contributed by atoms with van der Waals surface area (Å²) in [6.45, 7) is 3.06. The second-order valence-corrected chi connectivity index (χ2v) is 7.75. The van der Waals surface area contributed by atoms with E-state index in [2.05, 4.69) is 9.88 Å². The molecule has 7 heteroatoms. The smallest absolute Gasteiger partial charge is 0.246 e. The Kier molecular flexibility index (Phi) is 4.03. The van der Waals surface area contributed by atoms with Gasteiger partial charge in [0, 0.05) is 6.54 Å². The van der Waals surface area contributed by atoms with Gasteiger partial charge in [0.15, 0.2) is 5.76 Å². The van der Waals surface area contributed by atoms with E-state index >= 15 is 0 Å². The van der Waals surface area contributed by atoms with Crippen LogP contribution in [0.15, 0.2) is 39.8 Å². The highest BCUT2D eigenvalue weighted by molar-refractivity contribution is 7.89. The zero-order chi connectivity index (χ0) is 16.7. The van der Waals surface area contributed by atoms with Gasteiger partial charge in [0.05, 0.1) is 0 Å². The van der Waals surface area contributed by atoms with Crippen molar-refractivity contribution in [3.05, 3.63) is 47.3 Å². The Morgan fingerprint density at radius 1 is 1.30 bits per heavy atom. The predicted molar refractivity (Wildman–Crippen MR) is 84.2 cm³/mol. The van der Waals surface area contributed by atoms with Gasteiger partial charge in [-0.15, -0.1) is 0 Å². The number of sulfonamides is 1. The Labute approximate surface area is 135 Å². The summed E-state index contributed by atoms with van der Waals surface area (Å²) in [6, 6.07) is 9.19. The topological polar surface area (TPSA) is 92.4 Å². The molecule has 0 amide bonds. The average Bonchev–Trinajstić information content (AvgIpc) is 3.32. The van der Waals surface area contributed by atoms with Crippen LogP contribution in [-0.2, 0) is 15.6 Å². The molecule has 1 heterocycles. The maximum Gasteiger partial charge on any atom is 0.246 e. The van der Waals surface area contributed by atoms with Crippen molar-refractivity contribution in [2.24, 2.45) is 5.92 Å². The molecule has 0 unspecified atom stereocenters. The van der Waals surface area contributed by atoms with Crippen molar-refractivity contribution in [2.75, 3.05) is 6.54 Å². The van der Waals surface area contributed by atoms with Crippen LogP contribution in [0.5, 0.6) is 0 Å². The quantitative estimate of drug-likeness (QED) is 0.840. The number of hydrogen-bond acceptors (Lipinski definition) is 5. The Balaban J connectivity index is 1.86. The minimum Gasteiger partial charge on any atom is -0.383 e. The molecule has 23 heavy (non-hydrogen) atoms. The van der Waals surface area contributed by atoms with Gasteiger partial charge < -0.3 is 9.63 Å². The largest absolute Gasteiger partial charge is 0.383 e. The predicted octanol–water partition coefficient (Wildman–Crippen LogP) is 1.87. The molecule has 3 rings (SSSR count). The van der Waals surface area contributed by atoms with Gasteiger partial charge in [0.25, 0.3) is 0 Å². The number of aryl methyl sites for hydroxylation is 2. The first kappa shape index (κ1) is 16.2. The van der Waals surface area contributed by atoms with E-state index in [9.17, 15) is 13.5 Å². The molecule has 1 aliphatic rings. The van der Waals surface area contributed by atoms with Gasteiger partial charge in [-0.2, -0.15) is 0 Å². The lowest BCUT2D eigenvalue weighted by Crippen LogP contribution is -2.42. The molecule has 1 fully saturated rings. The molecule has 0 radical (unpaired) electrons. The fraction of sp³-hybridized carbons (Fsp3) is 0.438. The summed E-state index contributed by atoms with van der Waals surface area (Å²) in [5.41, 5.74) is -0.165. The highest BCUT2D eigenvalue weighted by Crippen LogP contribution is 2.45. The normalized spacial score (nSPS) is 17.9. The van der Waals surface area contributed by atoms with Crippen LogP contribution in [0, 0.1) is 19.8 Å². The number of rotatable bonds is 6. The lowest BCUT2D eigenvalue weighted by Gasteiger charge is -2.29. The molecule has 0 spiro atoms. The van der Waals surface area contributed by atoms with Crippen molar-refractivity contribution in [3.8, 4) is 0 Å². The summed E-state index contributed by atoms with van der Waals surface area (Å²) in [5.74, 6) is 0.307. The van der Waals surface area contributed by atoms with Gasteiger partial charge >= 0.3 is 0 Å². The highest BCUT2D eigenvalue weighted by Gasteiger charge is 2.45. The molecule has 0 bridgehead atoms. The Morgan fingerprint density at radius 3 is 2.48 bits per heavy atom. The summed E-state index contributed by atoms with van der Waals surface area (Å²) < 4.78 is 32.5. The van der Waals surface area contributed by atoms with Crippen LogP contribution in [0.3, 0.4) is 0 Å². The van der Waals surface area contributed by atoms with Crippen molar-refractivity contribution in [1.82, 2.24) is 9.88 Å². The van der Waals surface area contributed by atoms with E-state index in [-0.39, 0.29) is 23.1 Å². The molecule has 1 saturated carbocycles. The molecule has 1 aliphatic carbocycles. The first-order valence-corrected chi connectivity index (χ1v) is 9.03. The van der Waals surface area contributed by atoms with Crippen molar-refractivity contribution >= 4 is 10.0 Å². The standard InChI is InChI=1S/C16H20N2O4S/c1-11-15(12(2)22-18-11)23(20,21)17-10-16(19,14-8-9-14)13-6-4-3-5-7-13/h3-7,14,17,19H,8-10H2,1-2H3/t16-/m1/s1. The summed E-state index contributed by atoms with van der Waals surface area (Å²) in [5, 5.41) is 14.7. The molecule has 6 nitrogen and oxygen atoms in total. The van der Waals surface area contributed by atoms with Crippen LogP contribution in [0.2, 0.25) is 0 Å². The number of aliphatic hydroxyl groups is 1. The monoisotopic (exact) mass is 336 g/mol. The van der Waals surface area contributed by atoms with Crippen LogP contribution >= 0.6 is 0 Å². The summed E-state index contributed by atoms with van der Waals surface area (Å²) in [7, 11) is -3.79. The lowest BCUT2D eigenvalue weighted by atomic mass is 9.89. The van der Waals surface area contributed by atoms with Gasteiger partial charge in [-0.05, 0) is 38.2 Å². The van der Waals surface area contributed by atoms with Gasteiger partial charge in [0.2, 0.25) is 10.0 Å². The highest BCUT2D eigenvalue weighted by atomic mass is 32.2. The van der Waals surface area contributed by atoms with Crippen molar-refractivity contribution in [1.29, 1.82) is 0 Å². The number of hydrogen-bond donors (Lipinski definition) is 2.